The lowest BCUT2D eigenvalue weighted by Crippen LogP contribution is -1.77. The second-order valence-corrected chi connectivity index (χ2v) is 7.40. The normalized spacial score (nSPS) is 11.3. The molecule has 0 amide bonds. The SMILES string of the molecule is Ic1ccc(OP=NPOc2ccc(I)cc2)cc1. The van der Waals surface area contributed by atoms with Crippen molar-refractivity contribution in [3.63, 3.8) is 0 Å². The molecule has 98 valence electrons. The lowest BCUT2D eigenvalue weighted by atomic mass is 10.3. The Kier molecular flexibility index (Phi) is 6.77. The Morgan fingerprint density at radius 2 is 1.37 bits per heavy atom. The van der Waals surface area contributed by atoms with Crippen LogP contribution in [0.25, 0.3) is 0 Å². The predicted octanol–water partition coefficient (Wildman–Crippen LogP) is 5.91. The van der Waals surface area contributed by atoms with E-state index in [2.05, 4.69) is 49.7 Å². The van der Waals surface area contributed by atoms with Crippen molar-refractivity contribution < 1.29 is 9.05 Å². The van der Waals surface area contributed by atoms with Gasteiger partial charge in [0, 0.05) is 7.14 Å². The van der Waals surface area contributed by atoms with Gasteiger partial charge in [0.2, 0.25) is 17.6 Å². The zero-order valence-corrected chi connectivity index (χ0v) is 15.8. The van der Waals surface area contributed by atoms with Crippen LogP contribution < -0.4 is 9.05 Å². The largest absolute Gasteiger partial charge is 0.454 e. The highest BCUT2D eigenvalue weighted by Gasteiger charge is 1.93. The third kappa shape index (κ3) is 5.90. The van der Waals surface area contributed by atoms with Crippen LogP contribution in [0, 0.1) is 7.14 Å². The second-order valence-electron chi connectivity index (χ2n) is 3.37. The van der Waals surface area contributed by atoms with Crippen molar-refractivity contribution in [1.82, 2.24) is 0 Å². The van der Waals surface area contributed by atoms with Crippen molar-refractivity contribution in [3.05, 3.63) is 55.7 Å². The van der Waals surface area contributed by atoms with E-state index in [0.717, 1.165) is 11.5 Å². The minimum atomic E-state index is 0.0395. The van der Waals surface area contributed by atoms with Crippen molar-refractivity contribution in [2.24, 2.45) is 4.52 Å². The van der Waals surface area contributed by atoms with Crippen LogP contribution in [-0.2, 0) is 0 Å². The van der Waals surface area contributed by atoms with Gasteiger partial charge in [-0.2, -0.15) is 4.52 Å². The molecule has 2 aromatic carbocycles. The second kappa shape index (κ2) is 8.35. The van der Waals surface area contributed by atoms with Gasteiger partial charge in [-0.25, -0.2) is 0 Å². The molecule has 0 saturated heterocycles. The van der Waals surface area contributed by atoms with E-state index in [-0.39, 0.29) is 8.96 Å². The van der Waals surface area contributed by atoms with Crippen LogP contribution in [0.5, 0.6) is 11.5 Å². The number of halogens is 2. The number of rotatable bonds is 5. The molecule has 0 N–H and O–H groups in total. The summed E-state index contributed by atoms with van der Waals surface area (Å²) in [6.07, 6.45) is 0. The summed E-state index contributed by atoms with van der Waals surface area (Å²) in [5.41, 5.74) is 0. The minimum Gasteiger partial charge on any atom is -0.454 e. The molecule has 0 aliphatic heterocycles. The lowest BCUT2D eigenvalue weighted by Gasteiger charge is -2.01. The fourth-order valence-electron chi connectivity index (χ4n) is 1.16. The van der Waals surface area contributed by atoms with Crippen molar-refractivity contribution in [2.75, 3.05) is 0 Å². The van der Waals surface area contributed by atoms with Gasteiger partial charge in [0.15, 0.2) is 0 Å². The molecule has 0 heterocycles. The predicted molar refractivity (Wildman–Crippen MR) is 97.2 cm³/mol. The van der Waals surface area contributed by atoms with Crippen LogP contribution in [0.4, 0.5) is 0 Å². The summed E-state index contributed by atoms with van der Waals surface area (Å²) in [6.45, 7) is 0. The van der Waals surface area contributed by atoms with E-state index in [4.69, 9.17) is 9.05 Å². The summed E-state index contributed by atoms with van der Waals surface area (Å²) in [5.74, 6) is 1.64. The standard InChI is InChI=1S/C12H9I2NO2P2/c13-9-1-5-11(6-2-9)16-18-15-19-17-12-7-3-10(14)4-8-12/h1-8,18H. The van der Waals surface area contributed by atoms with E-state index < -0.39 is 0 Å². The van der Waals surface area contributed by atoms with E-state index >= 15 is 0 Å². The van der Waals surface area contributed by atoms with Gasteiger partial charge in [-0.3, -0.25) is 0 Å². The van der Waals surface area contributed by atoms with Gasteiger partial charge in [-0.05, 0) is 93.7 Å². The van der Waals surface area contributed by atoms with Crippen molar-refractivity contribution in [1.29, 1.82) is 0 Å². The number of nitrogens with zero attached hydrogens (tertiary/aromatic N) is 1. The first-order valence-corrected chi connectivity index (χ1v) is 9.02. The van der Waals surface area contributed by atoms with E-state index in [9.17, 15) is 0 Å². The van der Waals surface area contributed by atoms with Crippen molar-refractivity contribution in [2.45, 2.75) is 0 Å². The number of benzene rings is 2. The highest BCUT2D eigenvalue weighted by molar-refractivity contribution is 14.1. The molecule has 1 unspecified atom stereocenters. The number of hydrogen-bond acceptors (Lipinski definition) is 3. The van der Waals surface area contributed by atoms with Crippen LogP contribution in [-0.4, -0.2) is 0 Å². The fourth-order valence-corrected chi connectivity index (χ4v) is 2.79. The smallest absolute Gasteiger partial charge is 0.249 e. The van der Waals surface area contributed by atoms with Crippen LogP contribution >= 0.6 is 62.7 Å². The number of hydrogen-bond donors (Lipinski definition) is 0. The molecule has 0 bridgehead atoms. The van der Waals surface area contributed by atoms with Crippen LogP contribution in [0.2, 0.25) is 0 Å². The zero-order valence-electron chi connectivity index (χ0n) is 9.59. The molecule has 3 nitrogen and oxygen atoms in total. The Morgan fingerprint density at radius 1 is 0.842 bits per heavy atom. The van der Waals surface area contributed by atoms with Crippen LogP contribution in [0.1, 0.15) is 0 Å². The summed E-state index contributed by atoms with van der Waals surface area (Å²) in [7, 11) is 0.593. The third-order valence-corrected chi connectivity index (χ3v) is 4.73. The minimum absolute atomic E-state index is 0.0395. The maximum absolute atomic E-state index is 5.49. The van der Waals surface area contributed by atoms with Gasteiger partial charge in [0.25, 0.3) is 0 Å². The van der Waals surface area contributed by atoms with Crippen LogP contribution in [0.15, 0.2) is 53.0 Å². The molecule has 0 radical (unpaired) electrons. The first-order valence-electron chi connectivity index (χ1n) is 5.24. The summed E-state index contributed by atoms with van der Waals surface area (Å²) in [5, 5.41) is 0. The Labute approximate surface area is 142 Å². The zero-order chi connectivity index (χ0) is 13.5. The molecule has 0 fully saturated rings. The summed E-state index contributed by atoms with van der Waals surface area (Å²) in [4.78, 5) is 0. The Morgan fingerprint density at radius 3 is 1.95 bits per heavy atom. The molecule has 0 aromatic heterocycles. The van der Waals surface area contributed by atoms with Gasteiger partial charge < -0.3 is 9.05 Å². The molecule has 19 heavy (non-hydrogen) atoms. The van der Waals surface area contributed by atoms with Crippen molar-refractivity contribution >= 4 is 62.7 Å². The summed E-state index contributed by atoms with van der Waals surface area (Å²) >= 11 is 4.51. The molecule has 7 heteroatoms. The third-order valence-electron chi connectivity index (χ3n) is 2.02. The molecule has 2 aromatic rings. The molecule has 0 spiro atoms. The first kappa shape index (κ1) is 15.4. The van der Waals surface area contributed by atoms with E-state index in [1.807, 2.05) is 48.5 Å². The Bertz CT molecular complexity index is 547. The highest BCUT2D eigenvalue weighted by atomic mass is 127. The monoisotopic (exact) mass is 515 g/mol. The topological polar surface area (TPSA) is 30.8 Å². The summed E-state index contributed by atoms with van der Waals surface area (Å²) < 4.78 is 17.5. The van der Waals surface area contributed by atoms with Crippen LogP contribution in [0.3, 0.4) is 0 Å². The molecular formula is C12H9I2NO2P2. The Hall–Kier alpha value is 0.0300. The van der Waals surface area contributed by atoms with E-state index in [0.29, 0.717) is 8.60 Å². The van der Waals surface area contributed by atoms with E-state index in [1.54, 1.807) is 0 Å². The molecule has 0 aliphatic carbocycles. The average Bonchev–Trinajstić information content (AvgIpc) is 2.43. The molecule has 0 aliphatic rings. The highest BCUT2D eigenvalue weighted by Crippen LogP contribution is 2.27. The molecular weight excluding hydrogens is 506 g/mol. The van der Waals surface area contributed by atoms with Crippen molar-refractivity contribution in [3.8, 4) is 11.5 Å². The van der Waals surface area contributed by atoms with E-state index in [1.165, 1.54) is 7.14 Å². The maximum atomic E-state index is 5.49. The molecule has 0 saturated carbocycles. The van der Waals surface area contributed by atoms with Gasteiger partial charge in [0.05, 0.1) is 0 Å². The van der Waals surface area contributed by atoms with Gasteiger partial charge in [-0.15, -0.1) is 0 Å². The average molecular weight is 515 g/mol. The molecule has 2 rings (SSSR count). The fraction of sp³-hybridized carbons (Fsp3) is 0. The summed E-state index contributed by atoms with van der Waals surface area (Å²) in [6, 6.07) is 15.7. The first-order chi connectivity index (χ1) is 9.24. The Balaban J connectivity index is 1.75. The quantitative estimate of drug-likeness (QED) is 0.367. The maximum Gasteiger partial charge on any atom is 0.249 e. The van der Waals surface area contributed by atoms with Gasteiger partial charge >= 0.3 is 0 Å². The molecule has 1 atom stereocenters. The lowest BCUT2D eigenvalue weighted by molar-refractivity contribution is 0.626. The van der Waals surface area contributed by atoms with Gasteiger partial charge in [-0.1, -0.05) is 0 Å². The van der Waals surface area contributed by atoms with Gasteiger partial charge in [0.1, 0.15) is 11.5 Å².